The molecular weight excluding hydrogens is 429 g/mol. The van der Waals surface area contributed by atoms with Crippen LogP contribution in [-0.2, 0) is 16.0 Å². The molecule has 6 nitrogen and oxygen atoms in total. The summed E-state index contributed by atoms with van der Waals surface area (Å²) in [5.41, 5.74) is 0.665. The van der Waals surface area contributed by atoms with Gasteiger partial charge in [-0.1, -0.05) is 11.8 Å². The topological polar surface area (TPSA) is 70.4 Å². The molecule has 156 valence electrons. The van der Waals surface area contributed by atoms with Gasteiger partial charge in [-0.25, -0.2) is 4.98 Å². The van der Waals surface area contributed by atoms with E-state index in [-0.39, 0.29) is 17.3 Å². The number of carbonyl (C=O) groups is 1. The van der Waals surface area contributed by atoms with E-state index in [1.807, 2.05) is 0 Å². The van der Waals surface area contributed by atoms with E-state index in [4.69, 9.17) is 4.74 Å². The second kappa shape index (κ2) is 8.70. The lowest BCUT2D eigenvalue weighted by molar-refractivity contribution is -0.274. The lowest BCUT2D eigenvalue weighted by atomic mass is 10.3. The Morgan fingerprint density at radius 1 is 1.34 bits per heavy atom. The monoisotopic (exact) mass is 446 g/mol. The third kappa shape index (κ3) is 5.08. The largest absolute Gasteiger partial charge is 0.573 e. The number of nitrogens with zero attached hydrogens (tertiary/aromatic N) is 2. The van der Waals surface area contributed by atoms with Crippen LogP contribution in [0.4, 0.5) is 13.2 Å². The quantitative estimate of drug-likeness (QED) is 0.380. The van der Waals surface area contributed by atoms with Gasteiger partial charge in [-0.05, 0) is 38.1 Å². The smallest absolute Gasteiger partial charge is 0.465 e. The molecule has 1 unspecified atom stereocenters. The molecule has 1 aromatic carbocycles. The second-order valence-corrected chi connectivity index (χ2v) is 8.38. The minimum atomic E-state index is -4.81. The van der Waals surface area contributed by atoms with Gasteiger partial charge in [-0.15, -0.1) is 24.9 Å². The number of carbonyl (C=O) groups excluding carboxylic acids is 1. The van der Waals surface area contributed by atoms with Crippen LogP contribution >= 0.6 is 23.5 Å². The molecule has 1 atom stereocenters. The van der Waals surface area contributed by atoms with Crippen LogP contribution in [0.1, 0.15) is 19.5 Å². The molecule has 0 N–H and O–H groups in total. The number of ether oxygens (including phenoxy) is 2. The third-order valence-corrected chi connectivity index (χ3v) is 6.03. The number of aromatic nitrogens is 2. The number of halogens is 3. The van der Waals surface area contributed by atoms with E-state index in [2.05, 4.69) is 9.72 Å². The first-order valence-electron chi connectivity index (χ1n) is 8.67. The summed E-state index contributed by atoms with van der Waals surface area (Å²) >= 11 is 2.45. The lowest BCUT2D eigenvalue weighted by Crippen LogP contribution is -2.26. The summed E-state index contributed by atoms with van der Waals surface area (Å²) in [6.45, 7) is 3.56. The molecule has 0 saturated carbocycles. The molecule has 1 aliphatic heterocycles. The number of alkyl halides is 3. The maximum Gasteiger partial charge on any atom is 0.573 e. The van der Waals surface area contributed by atoms with E-state index >= 15 is 0 Å². The Labute approximate surface area is 172 Å². The van der Waals surface area contributed by atoms with Gasteiger partial charge in [-0.3, -0.25) is 14.2 Å². The van der Waals surface area contributed by atoms with Crippen molar-refractivity contribution >= 4 is 29.5 Å². The Hall–Kier alpha value is -2.14. The van der Waals surface area contributed by atoms with Gasteiger partial charge < -0.3 is 9.47 Å². The predicted octanol–water partition coefficient (Wildman–Crippen LogP) is 3.82. The molecule has 0 bridgehead atoms. The van der Waals surface area contributed by atoms with Crippen LogP contribution in [0.2, 0.25) is 0 Å². The molecule has 0 saturated heterocycles. The summed E-state index contributed by atoms with van der Waals surface area (Å²) in [7, 11) is 0. The van der Waals surface area contributed by atoms with Crippen LogP contribution in [-0.4, -0.2) is 39.5 Å². The van der Waals surface area contributed by atoms with Crippen molar-refractivity contribution in [3.05, 3.63) is 40.3 Å². The summed E-state index contributed by atoms with van der Waals surface area (Å²) in [5, 5.41) is -0.339. The molecule has 1 aromatic heterocycles. The lowest BCUT2D eigenvalue weighted by Gasteiger charge is -2.16. The van der Waals surface area contributed by atoms with Crippen LogP contribution in [0.25, 0.3) is 5.69 Å². The number of benzene rings is 1. The van der Waals surface area contributed by atoms with Crippen LogP contribution in [0, 0.1) is 0 Å². The first kappa shape index (κ1) is 21.6. The van der Waals surface area contributed by atoms with Gasteiger partial charge in [0.1, 0.15) is 11.0 Å². The van der Waals surface area contributed by atoms with E-state index in [9.17, 15) is 22.8 Å². The number of hydrogen-bond acceptors (Lipinski definition) is 7. The van der Waals surface area contributed by atoms with Crippen molar-refractivity contribution in [2.24, 2.45) is 0 Å². The van der Waals surface area contributed by atoms with E-state index in [1.165, 1.54) is 28.5 Å². The number of esters is 1. The van der Waals surface area contributed by atoms with Crippen molar-refractivity contribution in [1.29, 1.82) is 0 Å². The van der Waals surface area contributed by atoms with Crippen molar-refractivity contribution in [3.63, 3.8) is 0 Å². The van der Waals surface area contributed by atoms with E-state index in [0.717, 1.165) is 29.6 Å². The summed E-state index contributed by atoms with van der Waals surface area (Å²) in [6.07, 6.45) is -4.17. The molecule has 2 aromatic rings. The fourth-order valence-corrected chi connectivity index (χ4v) is 4.63. The SMILES string of the molecule is CCOC(=O)C(C)Sc1nc2c(c(=O)n1-c1ccc(OC(F)(F)F)cc1)SCC2. The molecule has 0 fully saturated rings. The third-order valence-electron chi connectivity index (χ3n) is 3.90. The number of hydrogen-bond donors (Lipinski definition) is 0. The normalized spacial score (nSPS) is 14.4. The summed E-state index contributed by atoms with van der Waals surface area (Å²) in [6, 6.07) is 4.93. The van der Waals surface area contributed by atoms with Gasteiger partial charge in [0.25, 0.3) is 5.56 Å². The highest BCUT2D eigenvalue weighted by molar-refractivity contribution is 8.00. The van der Waals surface area contributed by atoms with Gasteiger partial charge in [0.05, 0.1) is 22.9 Å². The Morgan fingerprint density at radius 2 is 2.03 bits per heavy atom. The van der Waals surface area contributed by atoms with Crippen molar-refractivity contribution in [2.45, 2.75) is 41.9 Å². The fraction of sp³-hybridized carbons (Fsp3) is 0.389. The highest BCUT2D eigenvalue weighted by atomic mass is 32.2. The maximum atomic E-state index is 13.0. The Balaban J connectivity index is 2.00. The highest BCUT2D eigenvalue weighted by Crippen LogP contribution is 2.32. The molecule has 0 spiro atoms. The molecule has 11 heteroatoms. The second-order valence-electron chi connectivity index (χ2n) is 5.96. The first-order valence-corrected chi connectivity index (χ1v) is 10.5. The van der Waals surface area contributed by atoms with Crippen molar-refractivity contribution in [2.75, 3.05) is 12.4 Å². The standard InChI is InChI=1S/C18H17F3N2O4S2/c1-3-26-16(25)10(2)29-17-22-13-8-9-28-14(13)15(24)23(17)11-4-6-12(7-5-11)27-18(19,20)21/h4-7,10H,3,8-9H2,1-2H3. The molecule has 29 heavy (non-hydrogen) atoms. The molecule has 0 radical (unpaired) electrons. The number of thioether (sulfide) groups is 2. The minimum absolute atomic E-state index is 0.228. The molecular formula is C18H17F3N2O4S2. The van der Waals surface area contributed by atoms with Crippen LogP contribution in [0.3, 0.4) is 0 Å². The van der Waals surface area contributed by atoms with Gasteiger partial charge in [-0.2, -0.15) is 0 Å². The number of aryl methyl sites for hydroxylation is 1. The van der Waals surface area contributed by atoms with Crippen LogP contribution in [0.5, 0.6) is 5.75 Å². The van der Waals surface area contributed by atoms with Gasteiger partial charge in [0, 0.05) is 12.2 Å². The summed E-state index contributed by atoms with van der Waals surface area (Å²) in [5.74, 6) is -0.119. The zero-order valence-corrected chi connectivity index (χ0v) is 17.1. The summed E-state index contributed by atoms with van der Waals surface area (Å²) in [4.78, 5) is 30.1. The fourth-order valence-electron chi connectivity index (χ4n) is 2.66. The zero-order chi connectivity index (χ0) is 21.2. The highest BCUT2D eigenvalue weighted by Gasteiger charge is 2.31. The van der Waals surface area contributed by atoms with Crippen LogP contribution in [0.15, 0.2) is 39.1 Å². The van der Waals surface area contributed by atoms with Crippen LogP contribution < -0.4 is 10.3 Å². The average molecular weight is 446 g/mol. The molecule has 3 rings (SSSR count). The molecule has 0 amide bonds. The number of fused-ring (bicyclic) bond motifs is 1. The predicted molar refractivity (Wildman–Crippen MR) is 103 cm³/mol. The zero-order valence-electron chi connectivity index (χ0n) is 15.5. The molecule has 0 aliphatic carbocycles. The minimum Gasteiger partial charge on any atom is -0.465 e. The van der Waals surface area contributed by atoms with E-state index in [1.54, 1.807) is 13.8 Å². The van der Waals surface area contributed by atoms with Crippen molar-refractivity contribution in [3.8, 4) is 11.4 Å². The van der Waals surface area contributed by atoms with Crippen molar-refractivity contribution in [1.82, 2.24) is 9.55 Å². The maximum absolute atomic E-state index is 13.0. The van der Waals surface area contributed by atoms with Gasteiger partial charge in [0.15, 0.2) is 5.16 Å². The molecule has 2 heterocycles. The first-order chi connectivity index (χ1) is 13.7. The summed E-state index contributed by atoms with van der Waals surface area (Å²) < 4.78 is 47.3. The average Bonchev–Trinajstić information content (AvgIpc) is 3.11. The Bertz CT molecular complexity index is 961. The molecule has 1 aliphatic rings. The van der Waals surface area contributed by atoms with Crippen molar-refractivity contribution < 1.29 is 27.4 Å². The Morgan fingerprint density at radius 3 is 2.66 bits per heavy atom. The van der Waals surface area contributed by atoms with Gasteiger partial charge in [0.2, 0.25) is 0 Å². The van der Waals surface area contributed by atoms with E-state index < -0.39 is 23.3 Å². The van der Waals surface area contributed by atoms with E-state index in [0.29, 0.717) is 22.7 Å². The Kier molecular flexibility index (Phi) is 6.47. The number of rotatable bonds is 6. The van der Waals surface area contributed by atoms with Gasteiger partial charge >= 0.3 is 12.3 Å².